The molecule has 126 valence electrons. The summed E-state index contributed by atoms with van der Waals surface area (Å²) in [5.74, 6) is 2.04. The Labute approximate surface area is 134 Å². The molecule has 1 rings (SSSR count). The van der Waals surface area contributed by atoms with Crippen LogP contribution in [0.5, 0.6) is 11.5 Å². The molecular formula is C18H30O4. The Hall–Kier alpha value is -1.26. The van der Waals surface area contributed by atoms with E-state index in [0.29, 0.717) is 18.1 Å². The molecule has 0 spiro atoms. The van der Waals surface area contributed by atoms with E-state index in [1.807, 2.05) is 19.1 Å². The maximum atomic E-state index is 9.18. The zero-order valence-corrected chi connectivity index (χ0v) is 14.0. The Balaban J connectivity index is 2.47. The zero-order chi connectivity index (χ0) is 16.4. The molecule has 0 heterocycles. The van der Waals surface area contributed by atoms with Gasteiger partial charge in [-0.3, -0.25) is 0 Å². The average molecular weight is 310 g/mol. The molecule has 4 nitrogen and oxygen atoms in total. The van der Waals surface area contributed by atoms with Gasteiger partial charge < -0.3 is 19.7 Å². The molecule has 1 aromatic carbocycles. The Bertz CT molecular complexity index is 389. The fraction of sp³-hybridized carbons (Fsp3) is 0.667. The van der Waals surface area contributed by atoms with Crippen molar-refractivity contribution in [2.45, 2.75) is 65.3 Å². The van der Waals surface area contributed by atoms with Crippen molar-refractivity contribution >= 4 is 0 Å². The van der Waals surface area contributed by atoms with E-state index in [2.05, 4.69) is 13.8 Å². The van der Waals surface area contributed by atoms with Crippen LogP contribution in [0.15, 0.2) is 24.3 Å². The van der Waals surface area contributed by atoms with Crippen LogP contribution in [0.1, 0.15) is 52.9 Å². The third-order valence-corrected chi connectivity index (χ3v) is 3.88. The summed E-state index contributed by atoms with van der Waals surface area (Å²) in [6, 6.07) is 7.32. The molecule has 0 saturated heterocycles. The average Bonchev–Trinajstić information content (AvgIpc) is 2.53. The summed E-state index contributed by atoms with van der Waals surface area (Å²) < 4.78 is 11.4. The van der Waals surface area contributed by atoms with Crippen LogP contribution in [0.2, 0.25) is 0 Å². The van der Waals surface area contributed by atoms with Gasteiger partial charge in [0.05, 0.1) is 6.61 Å². The number of hydrogen-bond acceptors (Lipinski definition) is 4. The summed E-state index contributed by atoms with van der Waals surface area (Å²) in [6.07, 6.45) is 3.27. The predicted octanol–water partition coefficient (Wildman–Crippen LogP) is 3.75. The van der Waals surface area contributed by atoms with E-state index < -0.39 is 12.4 Å². The molecule has 0 amide bonds. The van der Waals surface area contributed by atoms with Crippen molar-refractivity contribution in [1.82, 2.24) is 0 Å². The van der Waals surface area contributed by atoms with Gasteiger partial charge >= 0.3 is 0 Å². The Morgan fingerprint density at radius 3 is 2.09 bits per heavy atom. The van der Waals surface area contributed by atoms with Crippen LogP contribution >= 0.6 is 0 Å². The van der Waals surface area contributed by atoms with Crippen molar-refractivity contribution in [1.29, 1.82) is 0 Å². The lowest BCUT2D eigenvalue weighted by Gasteiger charge is -2.19. The van der Waals surface area contributed by atoms with Crippen molar-refractivity contribution < 1.29 is 19.7 Å². The van der Waals surface area contributed by atoms with Gasteiger partial charge in [0.25, 0.3) is 0 Å². The third-order valence-electron chi connectivity index (χ3n) is 3.88. The van der Waals surface area contributed by atoms with Gasteiger partial charge in [-0.1, -0.05) is 40.0 Å². The summed E-state index contributed by atoms with van der Waals surface area (Å²) >= 11 is 0. The lowest BCUT2D eigenvalue weighted by Crippen LogP contribution is -2.30. The minimum Gasteiger partial charge on any atom is -0.493 e. The molecule has 2 unspecified atom stereocenters. The minimum absolute atomic E-state index is 0.533. The molecule has 1 aromatic rings. The van der Waals surface area contributed by atoms with Crippen molar-refractivity contribution in [2.24, 2.45) is 5.92 Å². The van der Waals surface area contributed by atoms with Gasteiger partial charge in [-0.15, -0.1) is 0 Å². The molecule has 0 radical (unpaired) electrons. The first-order valence-corrected chi connectivity index (χ1v) is 8.36. The van der Waals surface area contributed by atoms with Crippen molar-refractivity contribution in [3.63, 3.8) is 0 Å². The molecule has 0 aliphatic heterocycles. The lowest BCUT2D eigenvalue weighted by atomic mass is 10.0. The highest BCUT2D eigenvalue weighted by atomic mass is 16.6. The molecule has 0 bridgehead atoms. The highest BCUT2D eigenvalue weighted by Gasteiger charge is 2.16. The van der Waals surface area contributed by atoms with E-state index in [4.69, 9.17) is 9.47 Å². The summed E-state index contributed by atoms with van der Waals surface area (Å²) in [6.45, 7) is 7.00. The van der Waals surface area contributed by atoms with Gasteiger partial charge in [-0.05, 0) is 43.0 Å². The largest absolute Gasteiger partial charge is 0.493 e. The number of unbranched alkanes of at least 4 members (excludes halogenated alkanes) is 1. The van der Waals surface area contributed by atoms with E-state index >= 15 is 0 Å². The first-order chi connectivity index (χ1) is 10.6. The minimum atomic E-state index is -1.47. The molecule has 22 heavy (non-hydrogen) atoms. The van der Waals surface area contributed by atoms with E-state index in [1.165, 1.54) is 19.3 Å². The van der Waals surface area contributed by atoms with Gasteiger partial charge in [0.15, 0.2) is 6.29 Å². The Kier molecular flexibility index (Phi) is 8.94. The monoisotopic (exact) mass is 310 g/mol. The van der Waals surface area contributed by atoms with Crippen LogP contribution in [0, 0.1) is 5.92 Å². The second-order valence-corrected chi connectivity index (χ2v) is 5.68. The third kappa shape index (κ3) is 6.67. The molecule has 0 aliphatic rings. The topological polar surface area (TPSA) is 58.9 Å². The molecule has 0 saturated carbocycles. The van der Waals surface area contributed by atoms with Crippen LogP contribution < -0.4 is 9.47 Å². The maximum Gasteiger partial charge on any atom is 0.189 e. The van der Waals surface area contributed by atoms with Crippen molar-refractivity contribution in [3.05, 3.63) is 24.3 Å². The second-order valence-electron chi connectivity index (χ2n) is 5.68. The quantitative estimate of drug-likeness (QED) is 0.611. The number of ether oxygens (including phenoxy) is 2. The smallest absolute Gasteiger partial charge is 0.189 e. The molecular weight excluding hydrogens is 280 g/mol. The fourth-order valence-electron chi connectivity index (χ4n) is 2.26. The maximum absolute atomic E-state index is 9.18. The van der Waals surface area contributed by atoms with E-state index in [9.17, 15) is 10.2 Å². The molecule has 0 aliphatic carbocycles. The van der Waals surface area contributed by atoms with Gasteiger partial charge in [0, 0.05) is 0 Å². The normalized spacial score (nSPS) is 13.9. The number of aliphatic hydroxyl groups excluding tert-OH is 1. The summed E-state index contributed by atoms with van der Waals surface area (Å²) in [5.41, 5.74) is 0. The summed E-state index contributed by atoms with van der Waals surface area (Å²) in [7, 11) is 0. The van der Waals surface area contributed by atoms with Gasteiger partial charge in [0.2, 0.25) is 0 Å². The number of hydrogen-bond donors (Lipinski definition) is 2. The summed E-state index contributed by atoms with van der Waals surface area (Å²) in [5, 5.41) is 18.4. The first kappa shape index (κ1) is 18.8. The molecule has 0 fully saturated rings. The highest BCUT2D eigenvalue weighted by molar-refractivity contribution is 5.31. The van der Waals surface area contributed by atoms with Crippen LogP contribution in [0.25, 0.3) is 0 Å². The highest BCUT2D eigenvalue weighted by Crippen LogP contribution is 2.21. The van der Waals surface area contributed by atoms with Crippen LogP contribution in [-0.2, 0) is 0 Å². The molecule has 4 heteroatoms. The van der Waals surface area contributed by atoms with Gasteiger partial charge in [0.1, 0.15) is 17.6 Å². The van der Waals surface area contributed by atoms with Crippen molar-refractivity contribution in [3.8, 4) is 11.5 Å². The fourth-order valence-corrected chi connectivity index (χ4v) is 2.26. The Morgan fingerprint density at radius 1 is 0.955 bits per heavy atom. The first-order valence-electron chi connectivity index (χ1n) is 8.36. The van der Waals surface area contributed by atoms with Crippen molar-refractivity contribution in [2.75, 3.05) is 6.61 Å². The van der Waals surface area contributed by atoms with Gasteiger partial charge in [-0.25, -0.2) is 0 Å². The van der Waals surface area contributed by atoms with Gasteiger partial charge in [-0.2, -0.15) is 0 Å². The molecule has 2 atom stereocenters. The standard InChI is InChI=1S/C18H30O4/c1-4-7-8-14(5-2)13-21-15-9-11-16(12-10-15)22-17(6-3)18(19)20/h9-12,14,17-20H,4-8,13H2,1-3H3. The van der Waals surface area contributed by atoms with Crippen LogP contribution in [0.4, 0.5) is 0 Å². The zero-order valence-electron chi connectivity index (χ0n) is 14.0. The lowest BCUT2D eigenvalue weighted by molar-refractivity contribution is -0.112. The SMILES string of the molecule is CCCCC(CC)COc1ccc(OC(CC)C(O)O)cc1. The Morgan fingerprint density at radius 2 is 1.59 bits per heavy atom. The van der Waals surface area contributed by atoms with E-state index in [-0.39, 0.29) is 0 Å². The number of rotatable bonds is 11. The van der Waals surface area contributed by atoms with E-state index in [0.717, 1.165) is 18.8 Å². The van der Waals surface area contributed by atoms with E-state index in [1.54, 1.807) is 12.1 Å². The van der Waals surface area contributed by atoms with Crippen LogP contribution in [-0.4, -0.2) is 29.2 Å². The predicted molar refractivity (Wildman–Crippen MR) is 88.2 cm³/mol. The second kappa shape index (κ2) is 10.5. The number of aliphatic hydroxyl groups is 2. The number of benzene rings is 1. The summed E-state index contributed by atoms with van der Waals surface area (Å²) in [4.78, 5) is 0. The molecule has 0 aromatic heterocycles. The molecule has 2 N–H and O–H groups in total. The van der Waals surface area contributed by atoms with Crippen LogP contribution in [0.3, 0.4) is 0 Å².